The summed E-state index contributed by atoms with van der Waals surface area (Å²) in [6.07, 6.45) is 2.60. The van der Waals surface area contributed by atoms with E-state index in [-0.39, 0.29) is 19.0 Å². The van der Waals surface area contributed by atoms with Crippen molar-refractivity contribution in [2.75, 3.05) is 13.2 Å². The van der Waals surface area contributed by atoms with Crippen LogP contribution in [-0.4, -0.2) is 42.7 Å². The van der Waals surface area contributed by atoms with Gasteiger partial charge >= 0.3 is 11.9 Å². The Kier molecular flexibility index (Phi) is 4.70. The highest BCUT2D eigenvalue weighted by atomic mass is 16.7. The molecular weight excluding hydrogens is 300 g/mol. The van der Waals surface area contributed by atoms with Crippen LogP contribution in [0.3, 0.4) is 0 Å². The topological polar surface area (TPSA) is 82.1 Å². The molecule has 23 heavy (non-hydrogen) atoms. The molecule has 6 nitrogen and oxygen atoms in total. The third kappa shape index (κ3) is 5.33. The van der Waals surface area contributed by atoms with Crippen LogP contribution >= 0.6 is 0 Å². The molecule has 0 radical (unpaired) electrons. The molecular formula is C17H22O6. The van der Waals surface area contributed by atoms with Crippen molar-refractivity contribution < 1.29 is 34.4 Å². The average Bonchev–Trinajstić information content (AvgIpc) is 2.63. The summed E-state index contributed by atoms with van der Waals surface area (Å²) in [6.45, 7) is 2.35. The van der Waals surface area contributed by atoms with Gasteiger partial charge in [-0.15, -0.1) is 0 Å². The Hall–Kier alpha value is -1.92. The smallest absolute Gasteiger partial charge is 0.339 e. The Morgan fingerprint density at radius 2 is 2.13 bits per heavy atom. The zero-order valence-electron chi connectivity index (χ0n) is 16.9. The normalized spacial score (nSPS) is 21.5. The molecule has 0 saturated carbocycles. The van der Waals surface area contributed by atoms with Crippen LogP contribution in [-0.2, 0) is 14.2 Å². The molecule has 0 amide bonds. The molecule has 1 saturated heterocycles. The number of carbonyl (C=O) groups excluding carboxylic acids is 1. The fourth-order valence-corrected chi connectivity index (χ4v) is 2.16. The second-order valence-electron chi connectivity index (χ2n) is 5.22. The van der Waals surface area contributed by atoms with E-state index in [1.165, 1.54) is 0 Å². The van der Waals surface area contributed by atoms with Crippen molar-refractivity contribution in [3.8, 4) is 0 Å². The molecule has 2 rings (SSSR count). The van der Waals surface area contributed by atoms with E-state index >= 15 is 0 Å². The molecule has 1 aromatic carbocycles. The fraction of sp³-hybridized carbons (Fsp3) is 0.529. The number of carboxylic acid groups (broad SMARTS) is 1. The molecule has 2 atom stereocenters. The Morgan fingerprint density at radius 3 is 2.78 bits per heavy atom. The monoisotopic (exact) mass is 326 g/mol. The number of esters is 1. The SMILES string of the molecule is [2H]c1c([2H])c([2H])c(C(=O)OCCC(C)OC2CCCCO2)c(C(=O)O)c1[2H]. The first-order valence-corrected chi connectivity index (χ1v) is 7.51. The van der Waals surface area contributed by atoms with E-state index in [0.29, 0.717) is 13.0 Å². The molecule has 1 aliphatic rings. The van der Waals surface area contributed by atoms with Gasteiger partial charge in [-0.2, -0.15) is 0 Å². The molecule has 0 spiro atoms. The van der Waals surface area contributed by atoms with E-state index in [1.54, 1.807) is 6.92 Å². The molecule has 0 aliphatic carbocycles. The number of benzene rings is 1. The highest BCUT2D eigenvalue weighted by Gasteiger charge is 2.19. The predicted molar refractivity (Wildman–Crippen MR) is 82.4 cm³/mol. The molecule has 0 bridgehead atoms. The van der Waals surface area contributed by atoms with E-state index in [0.717, 1.165) is 19.3 Å². The summed E-state index contributed by atoms with van der Waals surface area (Å²) in [6, 6.07) is -2.94. The molecule has 1 fully saturated rings. The lowest BCUT2D eigenvalue weighted by Crippen LogP contribution is -2.27. The largest absolute Gasteiger partial charge is 0.478 e. The van der Waals surface area contributed by atoms with Crippen molar-refractivity contribution >= 4 is 11.9 Å². The van der Waals surface area contributed by atoms with E-state index in [2.05, 4.69) is 0 Å². The van der Waals surface area contributed by atoms with Gasteiger partial charge in [-0.05, 0) is 38.3 Å². The number of hydrogen-bond acceptors (Lipinski definition) is 5. The first-order valence-electron chi connectivity index (χ1n) is 9.51. The van der Waals surface area contributed by atoms with Crippen molar-refractivity contribution in [2.24, 2.45) is 0 Å². The molecule has 6 heteroatoms. The minimum Gasteiger partial charge on any atom is -0.478 e. The van der Waals surface area contributed by atoms with Crippen molar-refractivity contribution in [1.82, 2.24) is 0 Å². The molecule has 126 valence electrons. The van der Waals surface area contributed by atoms with Crippen LogP contribution in [0.4, 0.5) is 0 Å². The second-order valence-corrected chi connectivity index (χ2v) is 5.22. The van der Waals surface area contributed by atoms with Gasteiger partial charge in [0, 0.05) is 13.0 Å². The van der Waals surface area contributed by atoms with Gasteiger partial charge in [0.15, 0.2) is 6.29 Å². The minimum atomic E-state index is -1.62. The van der Waals surface area contributed by atoms with Gasteiger partial charge in [0.25, 0.3) is 0 Å². The van der Waals surface area contributed by atoms with Crippen molar-refractivity contribution in [2.45, 2.75) is 45.0 Å². The Bertz CT molecular complexity index is 718. The number of carboxylic acids is 1. The molecule has 1 aliphatic heterocycles. The summed E-state index contributed by atoms with van der Waals surface area (Å²) < 4.78 is 46.8. The second kappa shape index (κ2) is 8.64. The van der Waals surface area contributed by atoms with Gasteiger partial charge in [-0.1, -0.05) is 12.1 Å². The van der Waals surface area contributed by atoms with Gasteiger partial charge in [-0.25, -0.2) is 9.59 Å². The van der Waals surface area contributed by atoms with Gasteiger partial charge in [0.2, 0.25) is 0 Å². The van der Waals surface area contributed by atoms with Crippen LogP contribution < -0.4 is 0 Å². The summed E-state index contributed by atoms with van der Waals surface area (Å²) in [5, 5.41) is 9.24. The predicted octanol–water partition coefficient (Wildman–Crippen LogP) is 2.86. The summed E-state index contributed by atoms with van der Waals surface area (Å²) in [7, 11) is 0. The lowest BCUT2D eigenvalue weighted by Gasteiger charge is -2.26. The van der Waals surface area contributed by atoms with Gasteiger partial charge in [0.1, 0.15) is 0 Å². The van der Waals surface area contributed by atoms with Crippen LogP contribution in [0.5, 0.6) is 0 Å². The number of rotatable bonds is 7. The minimum absolute atomic E-state index is 0.0888. The number of aromatic carboxylic acids is 1. The first kappa shape index (κ1) is 12.5. The maximum absolute atomic E-state index is 12.3. The highest BCUT2D eigenvalue weighted by Crippen LogP contribution is 2.16. The summed E-state index contributed by atoms with van der Waals surface area (Å²) >= 11 is 0. The zero-order chi connectivity index (χ0) is 20.1. The molecule has 0 aromatic heterocycles. The van der Waals surface area contributed by atoms with Crippen molar-refractivity contribution in [3.63, 3.8) is 0 Å². The van der Waals surface area contributed by atoms with Crippen LogP contribution in [0.1, 0.15) is 58.8 Å². The number of ether oxygens (including phenoxy) is 3. The van der Waals surface area contributed by atoms with Crippen molar-refractivity contribution in [1.29, 1.82) is 0 Å². The average molecular weight is 326 g/mol. The third-order valence-corrected chi connectivity index (χ3v) is 3.39. The zero-order valence-corrected chi connectivity index (χ0v) is 12.9. The number of hydrogen-bond donors (Lipinski definition) is 1. The van der Waals surface area contributed by atoms with E-state index in [4.69, 9.17) is 19.7 Å². The van der Waals surface area contributed by atoms with Crippen molar-refractivity contribution in [3.05, 3.63) is 35.3 Å². The van der Waals surface area contributed by atoms with Gasteiger partial charge in [0.05, 0.1) is 29.3 Å². The summed E-state index contributed by atoms with van der Waals surface area (Å²) in [5.74, 6) is -2.74. The Labute approximate surface area is 141 Å². The van der Waals surface area contributed by atoms with Gasteiger partial charge in [-0.3, -0.25) is 0 Å². The number of carbonyl (C=O) groups is 2. The Balaban J connectivity index is 2.02. The van der Waals surface area contributed by atoms with E-state index < -0.39 is 47.2 Å². The van der Waals surface area contributed by atoms with Crippen LogP contribution in [0.2, 0.25) is 0 Å². The van der Waals surface area contributed by atoms with E-state index in [9.17, 15) is 14.7 Å². The highest BCUT2D eigenvalue weighted by molar-refractivity contribution is 6.02. The third-order valence-electron chi connectivity index (χ3n) is 3.39. The quantitative estimate of drug-likeness (QED) is 0.776. The lowest BCUT2D eigenvalue weighted by atomic mass is 10.1. The molecule has 2 unspecified atom stereocenters. The lowest BCUT2D eigenvalue weighted by molar-refractivity contribution is -0.186. The maximum atomic E-state index is 12.3. The molecule has 1 heterocycles. The Morgan fingerprint density at radius 1 is 1.39 bits per heavy atom. The first-order chi connectivity index (χ1) is 12.7. The van der Waals surface area contributed by atoms with Crippen LogP contribution in [0.25, 0.3) is 0 Å². The standard InChI is InChI=1S/C17H22O6/c1-12(23-15-8-4-5-10-21-15)9-11-22-17(20)14-7-3-2-6-13(14)16(18)19/h2-3,6-7,12,15H,4-5,8-11H2,1H3,(H,18,19)/i2D,3D,6D,7D. The summed E-state index contributed by atoms with van der Waals surface area (Å²) in [5.41, 5.74) is -1.48. The van der Waals surface area contributed by atoms with Crippen LogP contribution in [0, 0.1) is 0 Å². The summed E-state index contributed by atoms with van der Waals surface area (Å²) in [4.78, 5) is 23.7. The van der Waals surface area contributed by atoms with E-state index in [1.807, 2.05) is 0 Å². The van der Waals surface area contributed by atoms with Gasteiger partial charge < -0.3 is 19.3 Å². The molecule has 1 N–H and O–H groups in total. The molecule has 1 aromatic rings. The fourth-order valence-electron chi connectivity index (χ4n) is 2.16. The maximum Gasteiger partial charge on any atom is 0.339 e. The van der Waals surface area contributed by atoms with Crippen LogP contribution in [0.15, 0.2) is 24.2 Å².